The predicted molar refractivity (Wildman–Crippen MR) is 65.8 cm³/mol. The molecule has 1 aromatic rings. The van der Waals surface area contributed by atoms with Gasteiger partial charge in [-0.05, 0) is 17.5 Å². The van der Waals surface area contributed by atoms with Crippen molar-refractivity contribution in [3.63, 3.8) is 0 Å². The lowest BCUT2D eigenvalue weighted by molar-refractivity contribution is -0.291. The molecule has 114 valence electrons. The summed E-state index contributed by atoms with van der Waals surface area (Å²) in [7, 11) is 1.13. The minimum atomic E-state index is -5.56. The molecule has 1 atom stereocenters. The quantitative estimate of drug-likeness (QED) is 0.677. The van der Waals surface area contributed by atoms with Gasteiger partial charge in [-0.25, -0.2) is 0 Å². The number of hydrogen-bond donors (Lipinski definition) is 0. The Hall–Kier alpha value is -1.17. The van der Waals surface area contributed by atoms with Gasteiger partial charge < -0.3 is 4.74 Å². The number of benzene rings is 1. The van der Waals surface area contributed by atoms with Gasteiger partial charge in [0, 0.05) is 7.11 Å². The monoisotopic (exact) mass is 296 g/mol. The van der Waals surface area contributed by atoms with Crippen LogP contribution in [-0.4, -0.2) is 19.2 Å². The van der Waals surface area contributed by atoms with Crippen molar-refractivity contribution < 1.29 is 26.7 Å². The molecule has 0 aliphatic carbocycles. The van der Waals surface area contributed by atoms with Crippen molar-refractivity contribution in [2.75, 3.05) is 7.11 Å². The van der Waals surface area contributed by atoms with Gasteiger partial charge >= 0.3 is 12.1 Å². The molecule has 0 aliphatic rings. The lowest BCUT2D eigenvalue weighted by Crippen LogP contribution is -2.38. The van der Waals surface area contributed by atoms with E-state index in [9.17, 15) is 22.0 Å². The number of alkyl halides is 5. The molecule has 1 aromatic carbocycles. The van der Waals surface area contributed by atoms with E-state index in [0.717, 1.165) is 25.5 Å². The van der Waals surface area contributed by atoms with E-state index in [1.165, 1.54) is 6.07 Å². The molecule has 1 unspecified atom stereocenters. The summed E-state index contributed by atoms with van der Waals surface area (Å²) in [5.41, 5.74) is 1.23. The van der Waals surface area contributed by atoms with E-state index < -0.39 is 24.6 Å². The molecule has 0 aliphatic heterocycles. The average molecular weight is 296 g/mol. The Bertz CT molecular complexity index is 428. The van der Waals surface area contributed by atoms with Crippen LogP contribution in [0.2, 0.25) is 0 Å². The van der Waals surface area contributed by atoms with E-state index in [1.807, 2.05) is 13.0 Å². The molecule has 0 heterocycles. The highest BCUT2D eigenvalue weighted by Crippen LogP contribution is 2.42. The van der Waals surface area contributed by atoms with Crippen LogP contribution in [0.5, 0.6) is 0 Å². The Morgan fingerprint density at radius 1 is 1.15 bits per heavy atom. The lowest BCUT2D eigenvalue weighted by Gasteiger charge is -2.24. The number of rotatable bonds is 6. The van der Waals surface area contributed by atoms with Crippen LogP contribution >= 0.6 is 0 Å². The van der Waals surface area contributed by atoms with Crippen LogP contribution in [0.4, 0.5) is 22.0 Å². The first kappa shape index (κ1) is 16.9. The molecule has 0 saturated heterocycles. The first-order valence-electron chi connectivity index (χ1n) is 6.27. The van der Waals surface area contributed by atoms with E-state index in [-0.39, 0.29) is 0 Å². The van der Waals surface area contributed by atoms with Crippen LogP contribution in [-0.2, 0) is 11.2 Å². The van der Waals surface area contributed by atoms with Gasteiger partial charge in [-0.1, -0.05) is 37.6 Å². The summed E-state index contributed by atoms with van der Waals surface area (Å²) in [5.74, 6) is -4.77. The van der Waals surface area contributed by atoms with Crippen molar-refractivity contribution in [3.8, 4) is 0 Å². The largest absolute Gasteiger partial charge is 0.453 e. The number of halogens is 5. The van der Waals surface area contributed by atoms with Crippen molar-refractivity contribution in [2.24, 2.45) is 0 Å². The predicted octanol–water partition coefficient (Wildman–Crippen LogP) is 4.91. The Labute approximate surface area is 114 Å². The van der Waals surface area contributed by atoms with Gasteiger partial charge in [0.15, 0.2) is 0 Å². The zero-order chi connectivity index (χ0) is 15.4. The van der Waals surface area contributed by atoms with Gasteiger partial charge in [-0.15, -0.1) is 0 Å². The van der Waals surface area contributed by atoms with Crippen molar-refractivity contribution in [2.45, 2.75) is 44.4 Å². The fraction of sp³-hybridized carbons (Fsp3) is 0.571. The number of hydrogen-bond acceptors (Lipinski definition) is 1. The second-order valence-corrected chi connectivity index (χ2v) is 4.63. The fourth-order valence-electron chi connectivity index (χ4n) is 1.92. The third-order valence-electron chi connectivity index (χ3n) is 3.00. The third-order valence-corrected chi connectivity index (χ3v) is 3.00. The van der Waals surface area contributed by atoms with Crippen molar-refractivity contribution in [3.05, 3.63) is 35.4 Å². The molecule has 1 nitrogen and oxygen atoms in total. The van der Waals surface area contributed by atoms with Gasteiger partial charge in [-0.2, -0.15) is 22.0 Å². The molecule has 0 spiro atoms. The molecule has 0 N–H and O–H groups in total. The van der Waals surface area contributed by atoms with Gasteiger partial charge in [0.1, 0.15) is 0 Å². The molecule has 0 radical (unpaired) electrons. The SMILES string of the molecule is CCCc1cccc(C(CC(F)(F)C(F)(F)F)OC)c1. The van der Waals surface area contributed by atoms with E-state index in [2.05, 4.69) is 0 Å². The van der Waals surface area contributed by atoms with Gasteiger partial charge in [0.2, 0.25) is 0 Å². The summed E-state index contributed by atoms with van der Waals surface area (Å²) >= 11 is 0. The average Bonchev–Trinajstić information content (AvgIpc) is 2.35. The lowest BCUT2D eigenvalue weighted by atomic mass is 9.99. The van der Waals surface area contributed by atoms with E-state index in [4.69, 9.17) is 4.74 Å². The smallest absolute Gasteiger partial charge is 0.377 e. The van der Waals surface area contributed by atoms with Gasteiger partial charge in [0.25, 0.3) is 0 Å². The standard InChI is InChI=1S/C14H17F5O/c1-3-5-10-6-4-7-11(8-10)12(20-2)9-13(15,16)14(17,18)19/h4,6-8,12H,3,5,9H2,1-2H3. The summed E-state index contributed by atoms with van der Waals surface area (Å²) < 4.78 is 67.7. The van der Waals surface area contributed by atoms with Crippen LogP contribution < -0.4 is 0 Å². The van der Waals surface area contributed by atoms with E-state index in [1.54, 1.807) is 12.1 Å². The Kier molecular flexibility index (Phi) is 5.50. The Morgan fingerprint density at radius 3 is 2.30 bits per heavy atom. The molecular formula is C14H17F5O. The molecular weight excluding hydrogens is 279 g/mol. The zero-order valence-electron chi connectivity index (χ0n) is 11.3. The molecule has 6 heteroatoms. The molecule has 0 fully saturated rings. The van der Waals surface area contributed by atoms with Crippen LogP contribution in [0.25, 0.3) is 0 Å². The molecule has 0 saturated carbocycles. The maximum Gasteiger partial charge on any atom is 0.453 e. The second-order valence-electron chi connectivity index (χ2n) is 4.63. The minimum Gasteiger partial charge on any atom is -0.377 e. The Morgan fingerprint density at radius 2 is 1.80 bits per heavy atom. The van der Waals surface area contributed by atoms with Crippen LogP contribution in [0.3, 0.4) is 0 Å². The molecule has 1 rings (SSSR count). The van der Waals surface area contributed by atoms with Crippen LogP contribution in [0.15, 0.2) is 24.3 Å². The highest BCUT2D eigenvalue weighted by Gasteiger charge is 2.58. The summed E-state index contributed by atoms with van der Waals surface area (Å²) in [6, 6.07) is 6.56. The van der Waals surface area contributed by atoms with E-state index >= 15 is 0 Å². The highest BCUT2D eigenvalue weighted by molar-refractivity contribution is 5.25. The summed E-state index contributed by atoms with van der Waals surface area (Å²) in [5, 5.41) is 0. The van der Waals surface area contributed by atoms with Crippen LogP contribution in [0, 0.1) is 0 Å². The Balaban J connectivity index is 2.94. The summed E-state index contributed by atoms with van der Waals surface area (Å²) in [6.07, 6.45) is -6.67. The first-order valence-corrected chi connectivity index (χ1v) is 6.27. The first-order chi connectivity index (χ1) is 9.21. The maximum atomic E-state index is 13.1. The van der Waals surface area contributed by atoms with Crippen molar-refractivity contribution >= 4 is 0 Å². The second kappa shape index (κ2) is 6.52. The molecule has 0 aromatic heterocycles. The number of ether oxygens (including phenoxy) is 1. The summed E-state index contributed by atoms with van der Waals surface area (Å²) in [4.78, 5) is 0. The maximum absolute atomic E-state index is 13.1. The van der Waals surface area contributed by atoms with Gasteiger partial charge in [-0.3, -0.25) is 0 Å². The normalized spacial score (nSPS) is 14.3. The summed E-state index contributed by atoms with van der Waals surface area (Å²) in [6.45, 7) is 1.96. The highest BCUT2D eigenvalue weighted by atomic mass is 19.4. The topological polar surface area (TPSA) is 9.23 Å². The molecule has 0 amide bonds. The molecule has 0 bridgehead atoms. The number of aryl methyl sites for hydroxylation is 1. The van der Waals surface area contributed by atoms with Crippen LogP contribution in [0.1, 0.15) is 37.0 Å². The van der Waals surface area contributed by atoms with Gasteiger partial charge in [0.05, 0.1) is 12.5 Å². The van der Waals surface area contributed by atoms with Crippen molar-refractivity contribution in [1.82, 2.24) is 0 Å². The molecule has 20 heavy (non-hydrogen) atoms. The number of methoxy groups -OCH3 is 1. The zero-order valence-corrected chi connectivity index (χ0v) is 11.3. The third kappa shape index (κ3) is 4.16. The van der Waals surface area contributed by atoms with Crippen molar-refractivity contribution in [1.29, 1.82) is 0 Å². The minimum absolute atomic E-state index is 0.336. The fourth-order valence-corrected chi connectivity index (χ4v) is 1.92. The van der Waals surface area contributed by atoms with E-state index in [0.29, 0.717) is 5.56 Å².